The van der Waals surface area contributed by atoms with Crippen LogP contribution in [0, 0.1) is 0 Å². The highest BCUT2D eigenvalue weighted by molar-refractivity contribution is 5.92. The number of aromatic nitrogens is 2. The number of anilines is 1. The number of hydrogen-bond donors (Lipinski definition) is 2. The second kappa shape index (κ2) is 4.77. The molecule has 1 rings (SSSR count). The third kappa shape index (κ3) is 4.11. The molecule has 1 heterocycles. The molecule has 0 unspecified atom stereocenters. The van der Waals surface area contributed by atoms with Crippen LogP contribution in [-0.2, 0) is 0 Å². The molecule has 0 saturated carbocycles. The predicted molar refractivity (Wildman–Crippen MR) is 49.7 cm³/mol. The molecule has 3 N–H and O–H groups in total. The summed E-state index contributed by atoms with van der Waals surface area (Å²) in [6.07, 6.45) is -2.91. The Balaban J connectivity index is 2.47. The zero-order valence-corrected chi connectivity index (χ0v) is 8.08. The van der Waals surface area contributed by atoms with Crippen LogP contribution in [0.15, 0.2) is 12.4 Å². The predicted octanol–water partition coefficient (Wildman–Crippen LogP) is 0.940. The van der Waals surface area contributed by atoms with E-state index in [2.05, 4.69) is 15.3 Å². The number of alkyl halides is 3. The van der Waals surface area contributed by atoms with Crippen LogP contribution in [0.25, 0.3) is 0 Å². The zero-order valence-electron chi connectivity index (χ0n) is 8.08. The van der Waals surface area contributed by atoms with Crippen molar-refractivity contribution in [2.75, 3.05) is 11.9 Å². The fraction of sp³-hybridized carbons (Fsp3) is 0.375. The highest BCUT2D eigenvalue weighted by Crippen LogP contribution is 2.18. The van der Waals surface area contributed by atoms with Gasteiger partial charge in [0, 0.05) is 18.9 Å². The quantitative estimate of drug-likeness (QED) is 0.812. The van der Waals surface area contributed by atoms with Gasteiger partial charge in [-0.1, -0.05) is 0 Å². The van der Waals surface area contributed by atoms with Crippen molar-refractivity contribution < 1.29 is 18.0 Å². The number of nitrogens with zero attached hydrogens (tertiary/aromatic N) is 2. The molecule has 0 aliphatic heterocycles. The van der Waals surface area contributed by atoms with Gasteiger partial charge in [-0.25, -0.2) is 9.97 Å². The maximum atomic E-state index is 11.8. The summed E-state index contributed by atoms with van der Waals surface area (Å²) in [5, 5.41) is 2.37. The Morgan fingerprint density at radius 3 is 2.38 bits per heavy atom. The summed E-state index contributed by atoms with van der Waals surface area (Å²) in [6.45, 7) is -0.320. The van der Waals surface area contributed by atoms with Crippen LogP contribution in [0.3, 0.4) is 0 Å². The largest absolute Gasteiger partial charge is 0.390 e. The van der Waals surface area contributed by atoms with Crippen LogP contribution in [0.4, 0.5) is 19.1 Å². The van der Waals surface area contributed by atoms with Gasteiger partial charge in [-0.2, -0.15) is 13.2 Å². The lowest BCUT2D eigenvalue weighted by Crippen LogP contribution is -2.16. The monoisotopic (exact) mass is 234 g/mol. The van der Waals surface area contributed by atoms with Crippen LogP contribution >= 0.6 is 0 Å². The average Bonchev–Trinajstić information content (AvgIpc) is 2.16. The highest BCUT2D eigenvalue weighted by atomic mass is 19.4. The molecule has 0 fully saturated rings. The minimum atomic E-state index is -4.22. The summed E-state index contributed by atoms with van der Waals surface area (Å²) >= 11 is 0. The first-order chi connectivity index (χ1) is 7.38. The average molecular weight is 234 g/mol. The van der Waals surface area contributed by atoms with Gasteiger partial charge in [-0.15, -0.1) is 0 Å². The summed E-state index contributed by atoms with van der Waals surface area (Å²) in [4.78, 5) is 17.9. The topological polar surface area (TPSA) is 80.9 Å². The Bertz CT molecular complexity index is 363. The van der Waals surface area contributed by atoms with E-state index in [1.807, 2.05) is 0 Å². The van der Waals surface area contributed by atoms with Crippen LogP contribution < -0.4 is 11.1 Å². The standard InChI is InChI=1S/C8H9F3N4O/c9-8(10,11)1-2-13-7-14-3-5(4-15-7)6(12)16/h3-4H,1-2H2,(H2,12,16)(H,13,14,15). The van der Waals surface area contributed by atoms with Gasteiger partial charge in [0.05, 0.1) is 12.0 Å². The van der Waals surface area contributed by atoms with Crippen LogP contribution in [0.2, 0.25) is 0 Å². The van der Waals surface area contributed by atoms with E-state index in [-0.39, 0.29) is 18.1 Å². The SMILES string of the molecule is NC(=O)c1cnc(NCCC(F)(F)F)nc1. The van der Waals surface area contributed by atoms with Crippen molar-refractivity contribution in [2.45, 2.75) is 12.6 Å². The number of carbonyl (C=O) groups is 1. The summed E-state index contributed by atoms with van der Waals surface area (Å²) in [6, 6.07) is 0. The molecule has 0 bridgehead atoms. The normalized spacial score (nSPS) is 11.2. The molecule has 1 aromatic rings. The fourth-order valence-corrected chi connectivity index (χ4v) is 0.863. The lowest BCUT2D eigenvalue weighted by Gasteiger charge is -2.07. The van der Waals surface area contributed by atoms with Gasteiger partial charge in [-0.3, -0.25) is 4.79 Å². The molecule has 0 aromatic carbocycles. The Morgan fingerprint density at radius 2 is 1.94 bits per heavy atom. The molecule has 16 heavy (non-hydrogen) atoms. The molecule has 88 valence electrons. The van der Waals surface area contributed by atoms with Crippen LogP contribution in [0.1, 0.15) is 16.8 Å². The molecule has 0 atom stereocenters. The number of nitrogens with one attached hydrogen (secondary N) is 1. The lowest BCUT2D eigenvalue weighted by molar-refractivity contribution is -0.131. The minimum absolute atomic E-state index is 0.0225. The molecule has 5 nitrogen and oxygen atoms in total. The lowest BCUT2D eigenvalue weighted by atomic mass is 10.3. The fourth-order valence-electron chi connectivity index (χ4n) is 0.863. The number of primary amides is 1. The van der Waals surface area contributed by atoms with E-state index < -0.39 is 18.5 Å². The number of halogens is 3. The van der Waals surface area contributed by atoms with Crippen molar-refractivity contribution in [1.29, 1.82) is 0 Å². The summed E-state index contributed by atoms with van der Waals surface area (Å²) in [5.41, 5.74) is 5.03. The van der Waals surface area contributed by atoms with E-state index in [0.29, 0.717) is 0 Å². The van der Waals surface area contributed by atoms with Crippen molar-refractivity contribution in [1.82, 2.24) is 9.97 Å². The van der Waals surface area contributed by atoms with Crippen molar-refractivity contribution in [3.63, 3.8) is 0 Å². The van der Waals surface area contributed by atoms with E-state index in [9.17, 15) is 18.0 Å². The minimum Gasteiger partial charge on any atom is -0.366 e. The van der Waals surface area contributed by atoms with Crippen molar-refractivity contribution >= 4 is 11.9 Å². The first kappa shape index (κ1) is 12.2. The molecular formula is C8H9F3N4O. The number of rotatable bonds is 4. The molecule has 0 radical (unpaired) electrons. The van der Waals surface area contributed by atoms with Gasteiger partial charge < -0.3 is 11.1 Å². The van der Waals surface area contributed by atoms with Crippen molar-refractivity contribution in [3.05, 3.63) is 18.0 Å². The van der Waals surface area contributed by atoms with Crippen molar-refractivity contribution in [3.8, 4) is 0 Å². The van der Waals surface area contributed by atoms with Crippen LogP contribution in [-0.4, -0.2) is 28.6 Å². The van der Waals surface area contributed by atoms with E-state index in [4.69, 9.17) is 5.73 Å². The zero-order chi connectivity index (χ0) is 12.2. The molecule has 1 aromatic heterocycles. The Labute approximate surface area is 88.9 Å². The van der Waals surface area contributed by atoms with Gasteiger partial charge in [0.25, 0.3) is 5.91 Å². The van der Waals surface area contributed by atoms with Crippen LogP contribution in [0.5, 0.6) is 0 Å². The Kier molecular flexibility index (Phi) is 3.64. The highest BCUT2D eigenvalue weighted by Gasteiger charge is 2.26. The summed E-state index contributed by atoms with van der Waals surface area (Å²) in [7, 11) is 0. The van der Waals surface area contributed by atoms with Gasteiger partial charge in [0.1, 0.15) is 0 Å². The van der Waals surface area contributed by atoms with E-state index in [1.54, 1.807) is 0 Å². The molecule has 1 amide bonds. The second-order valence-electron chi connectivity index (χ2n) is 2.95. The van der Waals surface area contributed by atoms with Gasteiger partial charge in [0.15, 0.2) is 0 Å². The van der Waals surface area contributed by atoms with Crippen molar-refractivity contribution in [2.24, 2.45) is 5.73 Å². The number of carbonyl (C=O) groups excluding carboxylic acids is 1. The van der Waals surface area contributed by atoms with E-state index >= 15 is 0 Å². The third-order valence-corrected chi connectivity index (χ3v) is 1.63. The Hall–Kier alpha value is -1.86. The smallest absolute Gasteiger partial charge is 0.366 e. The maximum absolute atomic E-state index is 11.8. The molecular weight excluding hydrogens is 225 g/mol. The molecule has 8 heteroatoms. The van der Waals surface area contributed by atoms with Gasteiger partial charge in [-0.05, 0) is 0 Å². The molecule has 0 saturated heterocycles. The first-order valence-corrected chi connectivity index (χ1v) is 4.31. The summed E-state index contributed by atoms with van der Waals surface area (Å²) < 4.78 is 35.4. The molecule has 0 spiro atoms. The first-order valence-electron chi connectivity index (χ1n) is 4.31. The third-order valence-electron chi connectivity index (χ3n) is 1.63. The van der Waals surface area contributed by atoms with Gasteiger partial charge in [0.2, 0.25) is 5.95 Å². The van der Waals surface area contributed by atoms with E-state index in [1.165, 1.54) is 0 Å². The maximum Gasteiger partial charge on any atom is 0.390 e. The molecule has 0 aliphatic carbocycles. The summed E-state index contributed by atoms with van der Waals surface area (Å²) in [5.74, 6) is -0.670. The van der Waals surface area contributed by atoms with Gasteiger partial charge >= 0.3 is 6.18 Å². The number of amides is 1. The molecule has 0 aliphatic rings. The number of hydrogen-bond acceptors (Lipinski definition) is 4. The Morgan fingerprint density at radius 1 is 1.38 bits per heavy atom. The second-order valence-corrected chi connectivity index (χ2v) is 2.95. The number of nitrogens with two attached hydrogens (primary N) is 1. The van der Waals surface area contributed by atoms with E-state index in [0.717, 1.165) is 12.4 Å².